The molecule has 1 atom stereocenters. The van der Waals surface area contributed by atoms with Crippen molar-refractivity contribution in [3.05, 3.63) is 223 Å². The smallest absolute Gasteiger partial charge is 0.164 e. The molecule has 0 saturated heterocycles. The van der Waals surface area contributed by atoms with Crippen molar-refractivity contribution < 1.29 is 0 Å². The summed E-state index contributed by atoms with van der Waals surface area (Å²) in [6.45, 7) is 0. The number of hydrogen-bond acceptors (Lipinski definition) is 5. The largest absolute Gasteiger partial charge is 0.208 e. The maximum atomic E-state index is 5.56. The first-order valence-electron chi connectivity index (χ1n) is 23.0. The van der Waals surface area contributed by atoms with Gasteiger partial charge in [0.2, 0.25) is 0 Å². The second-order valence-electron chi connectivity index (χ2n) is 17.8. The molecule has 67 heavy (non-hydrogen) atoms. The van der Waals surface area contributed by atoms with Crippen molar-refractivity contribution in [1.29, 1.82) is 0 Å². The van der Waals surface area contributed by atoms with Gasteiger partial charge in [-0.15, -0.1) is 22.7 Å². The fourth-order valence-corrected chi connectivity index (χ4v) is 13.1. The zero-order valence-corrected chi connectivity index (χ0v) is 37.9. The highest BCUT2D eigenvalue weighted by Crippen LogP contribution is 2.51. The minimum atomic E-state index is 0.0421. The van der Waals surface area contributed by atoms with E-state index >= 15 is 0 Å². The van der Waals surface area contributed by atoms with Crippen LogP contribution in [0.4, 0.5) is 0 Å². The number of aryl methyl sites for hydroxylation is 1. The number of aromatic nitrogens is 3. The molecule has 314 valence electrons. The number of rotatable bonds is 5. The van der Waals surface area contributed by atoms with Crippen molar-refractivity contribution >= 4 is 84.6 Å². The summed E-state index contributed by atoms with van der Waals surface area (Å²) in [4.78, 5) is 16.5. The van der Waals surface area contributed by atoms with Crippen molar-refractivity contribution in [2.75, 3.05) is 0 Å². The van der Waals surface area contributed by atoms with Gasteiger partial charge >= 0.3 is 0 Å². The third kappa shape index (κ3) is 6.41. The molecule has 0 saturated carbocycles. The SMILES string of the molecule is c1ccc(-c2cccc(-c3nc(-c4ccc5sc6ccccc6c5c4)nc(-c4ccc5c(sc6ccccc65)c4C4CCc5cc6ccccc6cc5-c5cc6ccccc6cc54)n3)c2)cc1. The predicted molar refractivity (Wildman–Crippen MR) is 284 cm³/mol. The van der Waals surface area contributed by atoms with Crippen LogP contribution in [-0.2, 0) is 6.42 Å². The molecule has 0 amide bonds. The summed E-state index contributed by atoms with van der Waals surface area (Å²) in [5.41, 5.74) is 11.9. The maximum Gasteiger partial charge on any atom is 0.164 e. The molecule has 13 aromatic rings. The van der Waals surface area contributed by atoms with E-state index in [9.17, 15) is 0 Å². The van der Waals surface area contributed by atoms with Crippen molar-refractivity contribution in [3.8, 4) is 56.4 Å². The molecule has 5 heteroatoms. The highest BCUT2D eigenvalue weighted by Gasteiger charge is 2.31. The molecule has 1 unspecified atom stereocenters. The van der Waals surface area contributed by atoms with Gasteiger partial charge in [0.25, 0.3) is 0 Å². The van der Waals surface area contributed by atoms with Gasteiger partial charge < -0.3 is 0 Å². The van der Waals surface area contributed by atoms with Crippen molar-refractivity contribution in [3.63, 3.8) is 0 Å². The van der Waals surface area contributed by atoms with Gasteiger partial charge in [0.05, 0.1) is 0 Å². The van der Waals surface area contributed by atoms with Gasteiger partial charge in [-0.2, -0.15) is 0 Å². The third-order valence-corrected chi connectivity index (χ3v) is 16.3. The second-order valence-corrected chi connectivity index (χ2v) is 19.9. The molecule has 0 fully saturated rings. The minimum Gasteiger partial charge on any atom is -0.208 e. The van der Waals surface area contributed by atoms with Gasteiger partial charge in [0.1, 0.15) is 0 Å². The van der Waals surface area contributed by atoms with Gasteiger partial charge in [0, 0.05) is 63.0 Å². The molecule has 1 aliphatic rings. The van der Waals surface area contributed by atoms with Crippen molar-refractivity contribution in [2.24, 2.45) is 0 Å². The lowest BCUT2D eigenvalue weighted by atomic mass is 9.81. The van der Waals surface area contributed by atoms with Crippen molar-refractivity contribution in [2.45, 2.75) is 18.8 Å². The summed E-state index contributed by atoms with van der Waals surface area (Å²) < 4.78 is 5.10. The molecule has 10 aromatic carbocycles. The van der Waals surface area contributed by atoms with Gasteiger partial charge in [-0.1, -0.05) is 152 Å². The summed E-state index contributed by atoms with van der Waals surface area (Å²) in [5, 5.41) is 10.1. The Balaban J connectivity index is 1.05. The predicted octanol–water partition coefficient (Wildman–Crippen LogP) is 17.3. The van der Waals surface area contributed by atoms with Crippen LogP contribution in [-0.4, -0.2) is 15.0 Å². The second kappa shape index (κ2) is 15.4. The van der Waals surface area contributed by atoms with Crippen LogP contribution in [0.25, 0.3) is 118 Å². The minimum absolute atomic E-state index is 0.0421. The summed E-state index contributed by atoms with van der Waals surface area (Å²) in [7, 11) is 0. The molecule has 3 nitrogen and oxygen atoms in total. The molecule has 14 rings (SSSR count). The lowest BCUT2D eigenvalue weighted by Gasteiger charge is -2.23. The highest BCUT2D eigenvalue weighted by molar-refractivity contribution is 7.26. The van der Waals surface area contributed by atoms with Crippen LogP contribution in [0.3, 0.4) is 0 Å². The van der Waals surface area contributed by atoms with Gasteiger partial charge in [0.15, 0.2) is 17.5 Å². The molecule has 3 aromatic heterocycles. The zero-order valence-electron chi connectivity index (χ0n) is 36.3. The zero-order chi connectivity index (χ0) is 44.0. The summed E-state index contributed by atoms with van der Waals surface area (Å²) in [5.74, 6) is 2.04. The summed E-state index contributed by atoms with van der Waals surface area (Å²) in [6.07, 6.45) is 1.87. The van der Waals surface area contributed by atoms with Crippen molar-refractivity contribution in [1.82, 2.24) is 15.0 Å². The monoisotopic (exact) mass is 889 g/mol. The Morgan fingerprint density at radius 1 is 0.358 bits per heavy atom. The Morgan fingerprint density at radius 2 is 0.940 bits per heavy atom. The standard InChI is InChI=1S/C62H39N3S2/c1-2-13-37(14-3-1)38-19-12-20-44(32-38)60-63-61(45-26-30-57-54(36-45)47-22-9-10-23-55(47)66-57)65-62(64-60)50-29-28-49-46-21-8-11-24-56(46)67-59(49)58(50)48-27-25-43-31-39-15-4-5-16-40(39)33-51(43)53-35-42-18-7-6-17-41(42)34-52(48)53/h1-24,26,28-36,48H,25,27H2. The molecular weight excluding hydrogens is 851 g/mol. The van der Waals surface area contributed by atoms with E-state index < -0.39 is 0 Å². The highest BCUT2D eigenvalue weighted by atomic mass is 32.1. The Labute approximate surface area is 395 Å². The van der Waals surface area contributed by atoms with Gasteiger partial charge in [-0.25, -0.2) is 15.0 Å². The molecule has 0 bridgehead atoms. The Kier molecular flexibility index (Phi) is 8.83. The van der Waals surface area contributed by atoms with Crippen LogP contribution in [0, 0.1) is 0 Å². The first-order chi connectivity index (χ1) is 33.2. The third-order valence-electron chi connectivity index (χ3n) is 13.9. The van der Waals surface area contributed by atoms with E-state index in [1.165, 1.54) is 89.7 Å². The van der Waals surface area contributed by atoms with E-state index in [4.69, 9.17) is 15.0 Å². The van der Waals surface area contributed by atoms with Crippen LogP contribution in [0.1, 0.15) is 29.0 Å². The van der Waals surface area contributed by atoms with Crippen LogP contribution in [0.2, 0.25) is 0 Å². The Morgan fingerprint density at radius 3 is 1.72 bits per heavy atom. The number of fused-ring (bicyclic) bond motifs is 11. The van der Waals surface area contributed by atoms with Crippen LogP contribution in [0.15, 0.2) is 206 Å². The fraction of sp³-hybridized carbons (Fsp3) is 0.0484. The first-order valence-corrected chi connectivity index (χ1v) is 24.6. The molecule has 0 spiro atoms. The van der Waals surface area contributed by atoms with E-state index in [1.54, 1.807) is 0 Å². The molecule has 3 heterocycles. The number of thiophene rings is 2. The van der Waals surface area contributed by atoms with E-state index in [1.807, 2.05) is 22.7 Å². The van der Waals surface area contributed by atoms with Crippen LogP contribution < -0.4 is 0 Å². The molecule has 0 radical (unpaired) electrons. The average molecular weight is 890 g/mol. The molecule has 0 aliphatic heterocycles. The molecule has 0 N–H and O–H groups in total. The Bertz CT molecular complexity index is 4130. The van der Waals surface area contributed by atoms with Gasteiger partial charge in [-0.3, -0.25) is 0 Å². The summed E-state index contributed by atoms with van der Waals surface area (Å²) in [6, 6.07) is 75.5. The molecular formula is C62H39N3S2. The van der Waals surface area contributed by atoms with E-state index in [0.717, 1.165) is 40.7 Å². The first kappa shape index (κ1) is 38.4. The normalized spacial score (nSPS) is 13.7. The van der Waals surface area contributed by atoms with Gasteiger partial charge in [-0.05, 0) is 128 Å². The quantitative estimate of drug-likeness (QED) is 0.173. The van der Waals surface area contributed by atoms with E-state index in [0.29, 0.717) is 17.5 Å². The van der Waals surface area contributed by atoms with Crippen LogP contribution >= 0.6 is 22.7 Å². The Hall–Kier alpha value is -7.83. The molecule has 1 aliphatic carbocycles. The number of hydrogen-bond donors (Lipinski definition) is 0. The number of benzene rings is 10. The summed E-state index contributed by atoms with van der Waals surface area (Å²) >= 11 is 3.72. The lowest BCUT2D eigenvalue weighted by molar-refractivity contribution is 0.733. The lowest BCUT2D eigenvalue weighted by Crippen LogP contribution is -2.07. The topological polar surface area (TPSA) is 38.7 Å². The van der Waals surface area contributed by atoms with E-state index in [-0.39, 0.29) is 5.92 Å². The fourth-order valence-electron chi connectivity index (χ4n) is 10.7. The number of nitrogens with zero attached hydrogens (tertiary/aromatic N) is 3. The average Bonchev–Trinajstić information content (AvgIpc) is 3.92. The van der Waals surface area contributed by atoms with Crippen LogP contribution in [0.5, 0.6) is 0 Å². The maximum absolute atomic E-state index is 5.56. The van der Waals surface area contributed by atoms with E-state index in [2.05, 4.69) is 206 Å².